The molecule has 0 radical (unpaired) electrons. The second kappa shape index (κ2) is 10.9. The highest BCUT2D eigenvalue weighted by molar-refractivity contribution is 7.93. The lowest BCUT2D eigenvalue weighted by Crippen LogP contribution is -2.30. The maximum atomic E-state index is 12.6. The highest BCUT2D eigenvalue weighted by Gasteiger charge is 2.23. The first-order valence-corrected chi connectivity index (χ1v) is 12.8. The van der Waals surface area contributed by atoms with Crippen molar-refractivity contribution in [2.45, 2.75) is 27.7 Å². The van der Waals surface area contributed by atoms with E-state index < -0.39 is 14.9 Å². The van der Waals surface area contributed by atoms with Crippen LogP contribution in [0.15, 0.2) is 57.9 Å². The maximum absolute atomic E-state index is 12.6. The van der Waals surface area contributed by atoms with Gasteiger partial charge in [0.2, 0.25) is 0 Å². The molecule has 0 aliphatic carbocycles. The molecular formula is C26H31N3O4S. The van der Waals surface area contributed by atoms with Gasteiger partial charge in [-0.1, -0.05) is 25.1 Å². The van der Waals surface area contributed by atoms with Gasteiger partial charge in [-0.15, -0.1) is 0 Å². The van der Waals surface area contributed by atoms with Crippen LogP contribution in [0.5, 0.6) is 0 Å². The Balaban J connectivity index is 1.91. The molecule has 0 amide bonds. The average molecular weight is 482 g/mol. The summed E-state index contributed by atoms with van der Waals surface area (Å²) in [7, 11) is -4.03. The van der Waals surface area contributed by atoms with Gasteiger partial charge < -0.3 is 14.4 Å². The van der Waals surface area contributed by atoms with Gasteiger partial charge >= 0.3 is 0 Å². The molecule has 0 spiro atoms. The molecule has 3 rings (SSSR count). The molecule has 0 saturated carbocycles. The molecule has 2 N–H and O–H groups in total. The standard InChI is InChI=1S/C26H31N3O4S/c1-5-29(6-2)23-10-9-20-13-22(8-7-21(20)14-23)25-12-11-24(33-25)19(4)26(15-27)34(31,32)28-16-18(3)17-30/h7-14,18,28,30H,5-6,16-17H2,1-4H3/b26-19+. The second-order valence-electron chi connectivity index (χ2n) is 8.29. The van der Waals surface area contributed by atoms with Crippen molar-refractivity contribution >= 4 is 32.1 Å². The molecule has 0 bridgehead atoms. The normalized spacial score (nSPS) is 13.4. The lowest BCUT2D eigenvalue weighted by Gasteiger charge is -2.21. The van der Waals surface area contributed by atoms with E-state index in [2.05, 4.69) is 41.7 Å². The van der Waals surface area contributed by atoms with Crippen LogP contribution in [0.3, 0.4) is 0 Å². The van der Waals surface area contributed by atoms with Crippen molar-refractivity contribution in [2.24, 2.45) is 5.92 Å². The van der Waals surface area contributed by atoms with Gasteiger partial charge in [0.1, 0.15) is 17.6 Å². The van der Waals surface area contributed by atoms with Crippen LogP contribution in [0.25, 0.3) is 27.7 Å². The first kappa shape index (κ1) is 25.5. The second-order valence-corrected chi connectivity index (χ2v) is 9.99. The maximum Gasteiger partial charge on any atom is 0.251 e. The zero-order valence-corrected chi connectivity index (χ0v) is 20.8. The molecule has 2 aromatic carbocycles. The van der Waals surface area contributed by atoms with Gasteiger partial charge in [-0.3, -0.25) is 0 Å². The number of furan rings is 1. The number of aliphatic hydroxyl groups excluding tert-OH is 1. The van der Waals surface area contributed by atoms with Crippen LogP contribution >= 0.6 is 0 Å². The van der Waals surface area contributed by atoms with Gasteiger partial charge in [-0.25, -0.2) is 13.1 Å². The number of rotatable bonds is 10. The number of nitriles is 1. The van der Waals surface area contributed by atoms with Gasteiger partial charge in [-0.2, -0.15) is 5.26 Å². The summed E-state index contributed by atoms with van der Waals surface area (Å²) in [5.74, 6) is 0.631. The highest BCUT2D eigenvalue weighted by atomic mass is 32.2. The minimum absolute atomic E-state index is 0.0355. The highest BCUT2D eigenvalue weighted by Crippen LogP contribution is 2.31. The molecule has 8 heteroatoms. The number of sulfonamides is 1. The molecule has 34 heavy (non-hydrogen) atoms. The first-order valence-electron chi connectivity index (χ1n) is 11.3. The number of hydrogen-bond donors (Lipinski definition) is 2. The van der Waals surface area contributed by atoms with Gasteiger partial charge in [0, 0.05) is 43.1 Å². The van der Waals surface area contributed by atoms with Crippen LogP contribution in [0.2, 0.25) is 0 Å². The summed E-state index contributed by atoms with van der Waals surface area (Å²) >= 11 is 0. The largest absolute Gasteiger partial charge is 0.456 e. The number of fused-ring (bicyclic) bond motifs is 1. The predicted molar refractivity (Wildman–Crippen MR) is 137 cm³/mol. The van der Waals surface area contributed by atoms with Gasteiger partial charge in [0.05, 0.1) is 0 Å². The van der Waals surface area contributed by atoms with Crippen molar-refractivity contribution in [3.8, 4) is 17.4 Å². The third-order valence-corrected chi connectivity index (χ3v) is 7.34. The smallest absolute Gasteiger partial charge is 0.251 e. The van der Waals surface area contributed by atoms with E-state index >= 15 is 0 Å². The molecule has 1 atom stereocenters. The van der Waals surface area contributed by atoms with Crippen molar-refractivity contribution in [1.82, 2.24) is 4.72 Å². The topological polar surface area (TPSA) is 107 Å². The minimum Gasteiger partial charge on any atom is -0.456 e. The number of benzene rings is 2. The summed E-state index contributed by atoms with van der Waals surface area (Å²) < 4.78 is 33.6. The van der Waals surface area contributed by atoms with Gasteiger partial charge in [-0.05, 0) is 67.8 Å². The Bertz CT molecular complexity index is 1330. The quantitative estimate of drug-likeness (QED) is 0.405. The van der Waals surface area contributed by atoms with E-state index in [4.69, 9.17) is 9.52 Å². The lowest BCUT2D eigenvalue weighted by atomic mass is 10.0. The molecule has 0 aliphatic heterocycles. The summed E-state index contributed by atoms with van der Waals surface area (Å²) in [6.45, 7) is 9.29. The van der Waals surface area contributed by atoms with E-state index in [9.17, 15) is 13.7 Å². The molecular weight excluding hydrogens is 450 g/mol. The van der Waals surface area contributed by atoms with Crippen molar-refractivity contribution in [3.05, 3.63) is 59.2 Å². The molecule has 0 aliphatic rings. The zero-order chi connectivity index (χ0) is 24.9. The third-order valence-electron chi connectivity index (χ3n) is 5.86. The summed E-state index contributed by atoms with van der Waals surface area (Å²) in [5, 5.41) is 20.8. The van der Waals surface area contributed by atoms with Crippen LogP contribution in [-0.2, 0) is 10.0 Å². The Kier molecular flexibility index (Phi) is 8.15. The van der Waals surface area contributed by atoms with Crippen molar-refractivity contribution in [1.29, 1.82) is 5.26 Å². The molecule has 0 saturated heterocycles. The molecule has 1 unspecified atom stereocenters. The Labute approximate surface area is 201 Å². The van der Waals surface area contributed by atoms with Crippen LogP contribution in [0, 0.1) is 17.2 Å². The Hall–Kier alpha value is -3.12. The van der Waals surface area contributed by atoms with E-state index in [1.54, 1.807) is 32.0 Å². The van der Waals surface area contributed by atoms with Crippen molar-refractivity contribution < 1.29 is 17.9 Å². The minimum atomic E-state index is -4.03. The molecule has 180 valence electrons. The van der Waals surface area contributed by atoms with E-state index in [1.807, 2.05) is 18.2 Å². The van der Waals surface area contributed by atoms with E-state index in [-0.39, 0.29) is 24.6 Å². The SMILES string of the molecule is CCN(CC)c1ccc2cc(-c3ccc(/C(C)=C(\C#N)S(=O)(=O)NCC(C)CO)o3)ccc2c1. The number of nitrogens with one attached hydrogen (secondary N) is 1. The molecule has 3 aromatic rings. The van der Waals surface area contributed by atoms with Crippen molar-refractivity contribution in [3.63, 3.8) is 0 Å². The number of aliphatic hydroxyl groups is 1. The van der Waals surface area contributed by atoms with E-state index in [0.29, 0.717) is 11.5 Å². The molecule has 0 fully saturated rings. The number of nitrogens with zero attached hydrogens (tertiary/aromatic N) is 2. The van der Waals surface area contributed by atoms with Gasteiger partial charge in [0.15, 0.2) is 4.91 Å². The fraction of sp³-hybridized carbons (Fsp3) is 0.346. The number of anilines is 1. The number of hydrogen-bond acceptors (Lipinski definition) is 6. The van der Waals surface area contributed by atoms with Crippen molar-refractivity contribution in [2.75, 3.05) is 31.1 Å². The monoisotopic (exact) mass is 481 g/mol. The van der Waals surface area contributed by atoms with E-state index in [0.717, 1.165) is 29.4 Å². The molecule has 1 heterocycles. The van der Waals surface area contributed by atoms with Crippen LogP contribution in [0.4, 0.5) is 5.69 Å². The van der Waals surface area contributed by atoms with Crippen LogP contribution in [-0.4, -0.2) is 39.8 Å². The molecule has 1 aromatic heterocycles. The average Bonchev–Trinajstić information content (AvgIpc) is 3.33. The summed E-state index contributed by atoms with van der Waals surface area (Å²) in [4.78, 5) is 1.89. The van der Waals surface area contributed by atoms with Crippen LogP contribution < -0.4 is 9.62 Å². The Morgan fingerprint density at radius 2 is 1.79 bits per heavy atom. The lowest BCUT2D eigenvalue weighted by molar-refractivity contribution is 0.239. The Morgan fingerprint density at radius 1 is 1.12 bits per heavy atom. The fourth-order valence-electron chi connectivity index (χ4n) is 3.71. The molecule has 7 nitrogen and oxygen atoms in total. The van der Waals surface area contributed by atoms with Gasteiger partial charge in [0.25, 0.3) is 10.0 Å². The summed E-state index contributed by atoms with van der Waals surface area (Å²) in [6.07, 6.45) is 0. The van der Waals surface area contributed by atoms with Crippen LogP contribution in [0.1, 0.15) is 33.5 Å². The fourth-order valence-corrected chi connectivity index (χ4v) is 4.98. The Morgan fingerprint density at radius 3 is 2.44 bits per heavy atom. The van der Waals surface area contributed by atoms with E-state index in [1.165, 1.54) is 5.69 Å². The third kappa shape index (κ3) is 5.50. The summed E-state index contributed by atoms with van der Waals surface area (Å²) in [5.41, 5.74) is 2.26. The first-order chi connectivity index (χ1) is 16.2. The number of allylic oxidation sites excluding steroid dienone is 2. The summed E-state index contributed by atoms with van der Waals surface area (Å²) in [6, 6.07) is 17.6. The predicted octanol–water partition coefficient (Wildman–Crippen LogP) is 4.75. The zero-order valence-electron chi connectivity index (χ0n) is 20.0.